The third-order valence-corrected chi connectivity index (χ3v) is 3.22. The lowest BCUT2D eigenvalue weighted by Gasteiger charge is -2.11. The molecule has 1 aromatic heterocycles. The van der Waals surface area contributed by atoms with Crippen LogP contribution in [0.25, 0.3) is 0 Å². The first-order valence-corrected chi connectivity index (χ1v) is 7.20. The largest absolute Gasteiger partial charge is 0.340 e. The normalized spacial score (nSPS) is 10.6. The molecule has 0 saturated heterocycles. The first-order valence-electron chi connectivity index (χ1n) is 7.20. The summed E-state index contributed by atoms with van der Waals surface area (Å²) in [6.07, 6.45) is 0. The van der Waals surface area contributed by atoms with E-state index in [0.717, 1.165) is 24.3 Å². The first kappa shape index (κ1) is 16.7. The van der Waals surface area contributed by atoms with Gasteiger partial charge >= 0.3 is 0 Å². The van der Waals surface area contributed by atoms with Crippen molar-refractivity contribution in [1.29, 1.82) is 0 Å². The van der Waals surface area contributed by atoms with Crippen LogP contribution in [-0.4, -0.2) is 9.97 Å². The van der Waals surface area contributed by atoms with Gasteiger partial charge in [0.05, 0.1) is 0 Å². The van der Waals surface area contributed by atoms with E-state index in [0.29, 0.717) is 28.8 Å². The molecule has 0 saturated carbocycles. The maximum Gasteiger partial charge on any atom is 0.160 e. The van der Waals surface area contributed by atoms with Crippen LogP contribution in [0.1, 0.15) is 5.82 Å². The molecule has 0 aliphatic heterocycles. The van der Waals surface area contributed by atoms with Crippen molar-refractivity contribution in [3.05, 3.63) is 71.6 Å². The Morgan fingerprint density at radius 3 is 1.48 bits per heavy atom. The van der Waals surface area contributed by atoms with Gasteiger partial charge in [0.15, 0.2) is 23.3 Å². The molecule has 4 nitrogen and oxygen atoms in total. The van der Waals surface area contributed by atoms with Gasteiger partial charge in [-0.3, -0.25) is 0 Å². The molecule has 0 atom stereocenters. The maximum absolute atomic E-state index is 13.3. The molecule has 0 aliphatic carbocycles. The SMILES string of the molecule is Cc1nc(Nc2ccc(F)c(F)c2)cc(Nc2ccc(F)c(F)c2)n1. The van der Waals surface area contributed by atoms with Gasteiger partial charge in [-0.1, -0.05) is 0 Å². The lowest BCUT2D eigenvalue weighted by Crippen LogP contribution is -2.02. The molecule has 3 rings (SSSR count). The number of nitrogens with one attached hydrogen (secondary N) is 2. The van der Waals surface area contributed by atoms with E-state index >= 15 is 0 Å². The molecule has 3 aromatic rings. The third kappa shape index (κ3) is 4.03. The molecule has 0 spiro atoms. The minimum Gasteiger partial charge on any atom is -0.340 e. The molecule has 0 amide bonds. The van der Waals surface area contributed by atoms with Crippen LogP contribution in [0.3, 0.4) is 0 Å². The summed E-state index contributed by atoms with van der Waals surface area (Å²) in [6.45, 7) is 1.63. The number of aryl methyl sites for hydroxylation is 1. The molecule has 0 radical (unpaired) electrons. The number of aromatic nitrogens is 2. The Hall–Kier alpha value is -3.16. The summed E-state index contributed by atoms with van der Waals surface area (Å²) < 4.78 is 52.5. The highest BCUT2D eigenvalue weighted by molar-refractivity contribution is 5.63. The van der Waals surface area contributed by atoms with Crippen LogP contribution in [0.5, 0.6) is 0 Å². The van der Waals surface area contributed by atoms with Gasteiger partial charge in [0.2, 0.25) is 0 Å². The summed E-state index contributed by atoms with van der Waals surface area (Å²) in [6, 6.07) is 8.19. The van der Waals surface area contributed by atoms with Crippen molar-refractivity contribution < 1.29 is 17.6 Å². The van der Waals surface area contributed by atoms with Gasteiger partial charge in [-0.25, -0.2) is 27.5 Å². The van der Waals surface area contributed by atoms with Crippen molar-refractivity contribution in [3.8, 4) is 0 Å². The number of rotatable bonds is 4. The van der Waals surface area contributed by atoms with Crippen LogP contribution in [0, 0.1) is 30.2 Å². The van der Waals surface area contributed by atoms with Crippen LogP contribution in [0.4, 0.5) is 40.6 Å². The minimum atomic E-state index is -0.990. The van der Waals surface area contributed by atoms with E-state index < -0.39 is 23.3 Å². The summed E-state index contributed by atoms with van der Waals surface area (Å²) >= 11 is 0. The number of anilines is 4. The summed E-state index contributed by atoms with van der Waals surface area (Å²) in [5, 5.41) is 5.66. The molecule has 0 fully saturated rings. The van der Waals surface area contributed by atoms with E-state index in [2.05, 4.69) is 20.6 Å². The van der Waals surface area contributed by atoms with Gasteiger partial charge in [0.1, 0.15) is 17.5 Å². The van der Waals surface area contributed by atoms with Crippen molar-refractivity contribution in [2.24, 2.45) is 0 Å². The molecule has 1 heterocycles. The Kier molecular flexibility index (Phi) is 4.51. The van der Waals surface area contributed by atoms with Crippen LogP contribution in [0.15, 0.2) is 42.5 Å². The number of benzene rings is 2. The van der Waals surface area contributed by atoms with E-state index in [1.54, 1.807) is 6.92 Å². The first-order chi connectivity index (χ1) is 11.9. The van der Waals surface area contributed by atoms with E-state index in [9.17, 15) is 17.6 Å². The molecule has 2 N–H and O–H groups in total. The zero-order valence-corrected chi connectivity index (χ0v) is 12.9. The van der Waals surface area contributed by atoms with E-state index in [-0.39, 0.29) is 0 Å². The van der Waals surface area contributed by atoms with E-state index in [1.165, 1.54) is 18.2 Å². The van der Waals surface area contributed by atoms with Gasteiger partial charge in [-0.15, -0.1) is 0 Å². The maximum atomic E-state index is 13.3. The Morgan fingerprint density at radius 1 is 0.640 bits per heavy atom. The van der Waals surface area contributed by atoms with Crippen molar-refractivity contribution in [3.63, 3.8) is 0 Å². The lowest BCUT2D eigenvalue weighted by atomic mass is 10.3. The average molecular weight is 348 g/mol. The van der Waals surface area contributed by atoms with Gasteiger partial charge in [0, 0.05) is 29.6 Å². The van der Waals surface area contributed by atoms with Crippen molar-refractivity contribution in [2.75, 3.05) is 10.6 Å². The highest BCUT2D eigenvalue weighted by Gasteiger charge is 2.07. The fourth-order valence-electron chi connectivity index (χ4n) is 2.14. The summed E-state index contributed by atoms with van der Waals surface area (Å²) in [4.78, 5) is 8.28. The van der Waals surface area contributed by atoms with Crippen molar-refractivity contribution in [2.45, 2.75) is 6.92 Å². The zero-order valence-electron chi connectivity index (χ0n) is 12.9. The standard InChI is InChI=1S/C17H12F4N4/c1-9-22-16(24-10-2-4-12(18)14(20)6-10)8-17(23-9)25-11-3-5-13(19)15(21)7-11/h2-8H,1H3,(H2,22,23,24,25). The molecule has 0 bridgehead atoms. The molecule has 128 valence electrons. The Balaban J connectivity index is 1.84. The number of halogens is 4. The quantitative estimate of drug-likeness (QED) is 0.663. The molecule has 8 heteroatoms. The van der Waals surface area contributed by atoms with Crippen LogP contribution in [0.2, 0.25) is 0 Å². The van der Waals surface area contributed by atoms with Crippen molar-refractivity contribution in [1.82, 2.24) is 9.97 Å². The third-order valence-electron chi connectivity index (χ3n) is 3.22. The molecule has 0 aliphatic rings. The second kappa shape index (κ2) is 6.76. The minimum absolute atomic E-state index is 0.302. The van der Waals surface area contributed by atoms with Gasteiger partial charge < -0.3 is 10.6 Å². The van der Waals surface area contributed by atoms with E-state index in [4.69, 9.17) is 0 Å². The summed E-state index contributed by atoms with van der Waals surface area (Å²) in [7, 11) is 0. The van der Waals surface area contributed by atoms with Crippen LogP contribution < -0.4 is 10.6 Å². The predicted octanol–water partition coefficient (Wildman–Crippen LogP) is 4.83. The van der Waals surface area contributed by atoms with Gasteiger partial charge in [-0.05, 0) is 31.2 Å². The number of nitrogens with zero attached hydrogens (tertiary/aromatic N) is 2. The highest BCUT2D eigenvalue weighted by Crippen LogP contribution is 2.22. The monoisotopic (exact) mass is 348 g/mol. The second-order valence-electron chi connectivity index (χ2n) is 5.19. The molecule has 25 heavy (non-hydrogen) atoms. The Bertz CT molecular complexity index is 859. The van der Waals surface area contributed by atoms with Crippen LogP contribution in [-0.2, 0) is 0 Å². The Morgan fingerprint density at radius 2 is 1.08 bits per heavy atom. The van der Waals surface area contributed by atoms with Crippen molar-refractivity contribution >= 4 is 23.0 Å². The number of hydrogen-bond acceptors (Lipinski definition) is 4. The summed E-state index contributed by atoms with van der Waals surface area (Å²) in [5.74, 6) is -2.85. The van der Waals surface area contributed by atoms with E-state index in [1.807, 2.05) is 0 Å². The predicted molar refractivity (Wildman–Crippen MR) is 86.1 cm³/mol. The smallest absolute Gasteiger partial charge is 0.160 e. The van der Waals surface area contributed by atoms with Gasteiger partial charge in [-0.2, -0.15) is 0 Å². The number of hydrogen-bond donors (Lipinski definition) is 2. The molecule has 0 unspecified atom stereocenters. The highest BCUT2D eigenvalue weighted by atomic mass is 19.2. The fraction of sp³-hybridized carbons (Fsp3) is 0.0588. The lowest BCUT2D eigenvalue weighted by molar-refractivity contribution is 0.509. The average Bonchev–Trinajstić information content (AvgIpc) is 2.54. The molecular formula is C17H12F4N4. The fourth-order valence-corrected chi connectivity index (χ4v) is 2.14. The Labute approximate surface area is 140 Å². The zero-order chi connectivity index (χ0) is 18.0. The van der Waals surface area contributed by atoms with Crippen LogP contribution >= 0.6 is 0 Å². The molecular weight excluding hydrogens is 336 g/mol. The second-order valence-corrected chi connectivity index (χ2v) is 5.19. The van der Waals surface area contributed by atoms with Gasteiger partial charge in [0.25, 0.3) is 0 Å². The topological polar surface area (TPSA) is 49.8 Å². The molecule has 2 aromatic carbocycles. The summed E-state index contributed by atoms with van der Waals surface area (Å²) in [5.41, 5.74) is 0.603.